The molecular formula is C24H22Cl2N2O4S. The average molecular weight is 505 g/mol. The van der Waals surface area contributed by atoms with Crippen LogP contribution in [0.3, 0.4) is 0 Å². The van der Waals surface area contributed by atoms with E-state index < -0.39 is 15.9 Å². The van der Waals surface area contributed by atoms with Crippen molar-refractivity contribution in [3.63, 3.8) is 0 Å². The Morgan fingerprint density at radius 1 is 1.06 bits per heavy atom. The number of hydrogen-bond donors (Lipinski definition) is 1. The number of anilines is 2. The molecule has 0 fully saturated rings. The minimum absolute atomic E-state index is 0.182. The number of halogens is 2. The number of hydrogen-bond acceptors (Lipinski definition) is 4. The topological polar surface area (TPSA) is 75.7 Å². The number of para-hydroxylation sites is 1. The summed E-state index contributed by atoms with van der Waals surface area (Å²) in [6, 6.07) is 16.9. The highest BCUT2D eigenvalue weighted by Gasteiger charge is 2.29. The fraction of sp³-hybridized carbons (Fsp3) is 0.208. The number of carbonyl (C=O) groups is 1. The van der Waals surface area contributed by atoms with Crippen LogP contribution in [-0.2, 0) is 21.2 Å². The van der Waals surface area contributed by atoms with Gasteiger partial charge in [-0.05, 0) is 73.4 Å². The largest absolute Gasteiger partial charge is 0.483 e. The van der Waals surface area contributed by atoms with E-state index in [2.05, 4.69) is 5.32 Å². The fourth-order valence-corrected chi connectivity index (χ4v) is 5.94. The van der Waals surface area contributed by atoms with Crippen LogP contribution in [0.15, 0.2) is 65.6 Å². The highest BCUT2D eigenvalue weighted by atomic mass is 35.5. The number of carbonyl (C=O) groups excluding carboxylic acids is 1. The van der Waals surface area contributed by atoms with E-state index in [9.17, 15) is 13.2 Å². The Morgan fingerprint density at radius 2 is 1.79 bits per heavy atom. The molecule has 0 aliphatic carbocycles. The summed E-state index contributed by atoms with van der Waals surface area (Å²) in [4.78, 5) is 12.4. The van der Waals surface area contributed by atoms with Gasteiger partial charge in [0.05, 0.1) is 10.6 Å². The molecule has 0 saturated heterocycles. The third kappa shape index (κ3) is 5.27. The van der Waals surface area contributed by atoms with E-state index in [1.165, 1.54) is 10.4 Å². The maximum atomic E-state index is 13.3. The second-order valence-corrected chi connectivity index (χ2v) is 10.5. The van der Waals surface area contributed by atoms with E-state index >= 15 is 0 Å². The van der Waals surface area contributed by atoms with Gasteiger partial charge in [0.1, 0.15) is 5.75 Å². The maximum absolute atomic E-state index is 13.3. The number of aryl methyl sites for hydroxylation is 2. The molecule has 0 spiro atoms. The summed E-state index contributed by atoms with van der Waals surface area (Å²) in [5.74, 6) is 0.0293. The summed E-state index contributed by atoms with van der Waals surface area (Å²) in [5.41, 5.74) is 2.82. The van der Waals surface area contributed by atoms with E-state index in [0.29, 0.717) is 33.6 Å². The van der Waals surface area contributed by atoms with E-state index in [-0.39, 0.29) is 11.5 Å². The van der Waals surface area contributed by atoms with Crippen molar-refractivity contribution in [2.24, 2.45) is 0 Å². The monoisotopic (exact) mass is 504 g/mol. The first-order valence-corrected chi connectivity index (χ1v) is 12.5. The third-order valence-electron chi connectivity index (χ3n) is 5.31. The van der Waals surface area contributed by atoms with Crippen LogP contribution in [-0.4, -0.2) is 27.5 Å². The van der Waals surface area contributed by atoms with Crippen molar-refractivity contribution < 1.29 is 17.9 Å². The zero-order valence-corrected chi connectivity index (χ0v) is 20.2. The van der Waals surface area contributed by atoms with Gasteiger partial charge in [-0.15, -0.1) is 0 Å². The first-order valence-electron chi connectivity index (χ1n) is 10.3. The van der Waals surface area contributed by atoms with Gasteiger partial charge < -0.3 is 10.1 Å². The molecule has 172 valence electrons. The van der Waals surface area contributed by atoms with Crippen molar-refractivity contribution in [1.82, 2.24) is 0 Å². The van der Waals surface area contributed by atoms with Crippen molar-refractivity contribution in [2.75, 3.05) is 22.8 Å². The normalized spacial score (nSPS) is 13.4. The van der Waals surface area contributed by atoms with Gasteiger partial charge in [-0.1, -0.05) is 41.4 Å². The minimum Gasteiger partial charge on any atom is -0.483 e. The number of nitrogens with one attached hydrogen (secondary N) is 1. The van der Waals surface area contributed by atoms with E-state index in [1.54, 1.807) is 37.3 Å². The number of ether oxygens (including phenoxy) is 1. The molecule has 9 heteroatoms. The summed E-state index contributed by atoms with van der Waals surface area (Å²) < 4.78 is 33.8. The van der Waals surface area contributed by atoms with Crippen LogP contribution in [0, 0.1) is 6.92 Å². The van der Waals surface area contributed by atoms with Crippen LogP contribution in [0.4, 0.5) is 11.4 Å². The molecule has 1 aliphatic rings. The summed E-state index contributed by atoms with van der Waals surface area (Å²) in [7, 11) is -3.72. The van der Waals surface area contributed by atoms with Crippen LogP contribution in [0.25, 0.3) is 0 Å². The standard InChI is InChI=1S/C24H22Cl2N2O4S/c1-16-11-21(33(30,31)28-10-4-6-17-5-2-3-7-22(17)28)8-9-23(16)32-15-24(29)27-20-13-18(25)12-19(26)14-20/h2-3,5,7-9,11-14H,4,6,10,15H2,1H3,(H,27,29). The lowest BCUT2D eigenvalue weighted by Crippen LogP contribution is -2.35. The van der Waals surface area contributed by atoms with Crippen LogP contribution >= 0.6 is 23.2 Å². The Morgan fingerprint density at radius 3 is 2.52 bits per heavy atom. The molecule has 0 aromatic heterocycles. The molecule has 0 bridgehead atoms. The lowest BCUT2D eigenvalue weighted by molar-refractivity contribution is -0.118. The maximum Gasteiger partial charge on any atom is 0.264 e. The molecule has 3 aromatic rings. The summed E-state index contributed by atoms with van der Waals surface area (Å²) in [6.45, 7) is 1.92. The lowest BCUT2D eigenvalue weighted by atomic mass is 10.0. The van der Waals surface area contributed by atoms with Crippen molar-refractivity contribution in [1.29, 1.82) is 0 Å². The molecule has 0 saturated carbocycles. The molecule has 0 radical (unpaired) electrons. The molecule has 33 heavy (non-hydrogen) atoms. The Bertz CT molecular complexity index is 1290. The van der Waals surface area contributed by atoms with Crippen molar-refractivity contribution >= 4 is 50.5 Å². The van der Waals surface area contributed by atoms with Crippen LogP contribution in [0.5, 0.6) is 5.75 Å². The minimum atomic E-state index is -3.72. The SMILES string of the molecule is Cc1cc(S(=O)(=O)N2CCCc3ccccc32)ccc1OCC(=O)Nc1cc(Cl)cc(Cl)c1. The van der Waals surface area contributed by atoms with Crippen LogP contribution in [0.2, 0.25) is 10.0 Å². The third-order valence-corrected chi connectivity index (χ3v) is 7.55. The van der Waals surface area contributed by atoms with Crippen molar-refractivity contribution in [3.05, 3.63) is 81.8 Å². The van der Waals surface area contributed by atoms with Gasteiger partial charge in [-0.3, -0.25) is 9.10 Å². The number of benzene rings is 3. The molecule has 1 aliphatic heterocycles. The Labute approximate surface area is 203 Å². The summed E-state index contributed by atoms with van der Waals surface area (Å²) >= 11 is 11.9. The molecule has 1 heterocycles. The number of amides is 1. The predicted octanol–water partition coefficient (Wildman–Crippen LogP) is 5.46. The predicted molar refractivity (Wildman–Crippen MR) is 131 cm³/mol. The lowest BCUT2D eigenvalue weighted by Gasteiger charge is -2.30. The smallest absolute Gasteiger partial charge is 0.264 e. The van der Waals surface area contributed by atoms with Gasteiger partial charge in [0.15, 0.2) is 6.61 Å². The molecule has 1 amide bonds. The fourth-order valence-electron chi connectivity index (χ4n) is 3.79. The van der Waals surface area contributed by atoms with Crippen LogP contribution in [0.1, 0.15) is 17.5 Å². The average Bonchev–Trinajstić information content (AvgIpc) is 2.77. The first kappa shape index (κ1) is 23.4. The quantitative estimate of drug-likeness (QED) is 0.483. The molecule has 0 unspecified atom stereocenters. The Kier molecular flexibility index (Phi) is 6.83. The Balaban J connectivity index is 1.46. The molecule has 1 N–H and O–H groups in total. The van der Waals surface area contributed by atoms with Gasteiger partial charge in [-0.2, -0.15) is 0 Å². The highest BCUT2D eigenvalue weighted by molar-refractivity contribution is 7.92. The first-order chi connectivity index (χ1) is 15.7. The second-order valence-electron chi connectivity index (χ2n) is 7.73. The molecule has 3 aromatic carbocycles. The highest BCUT2D eigenvalue weighted by Crippen LogP contribution is 2.33. The van der Waals surface area contributed by atoms with Crippen molar-refractivity contribution in [3.8, 4) is 5.75 Å². The summed E-state index contributed by atoms with van der Waals surface area (Å²) in [5, 5.41) is 3.48. The zero-order valence-electron chi connectivity index (χ0n) is 17.8. The van der Waals surface area contributed by atoms with Gasteiger partial charge in [0.25, 0.3) is 15.9 Å². The molecular weight excluding hydrogens is 483 g/mol. The van der Waals surface area contributed by atoms with Gasteiger partial charge in [-0.25, -0.2) is 8.42 Å². The number of fused-ring (bicyclic) bond motifs is 1. The second kappa shape index (κ2) is 9.63. The van der Waals surface area contributed by atoms with Gasteiger partial charge in [0, 0.05) is 22.3 Å². The number of sulfonamides is 1. The van der Waals surface area contributed by atoms with E-state index in [4.69, 9.17) is 27.9 Å². The van der Waals surface area contributed by atoms with Crippen LogP contribution < -0.4 is 14.4 Å². The van der Waals surface area contributed by atoms with E-state index in [0.717, 1.165) is 24.1 Å². The number of rotatable bonds is 6. The Hall–Kier alpha value is -2.74. The van der Waals surface area contributed by atoms with Crippen molar-refractivity contribution in [2.45, 2.75) is 24.7 Å². The van der Waals surface area contributed by atoms with Gasteiger partial charge >= 0.3 is 0 Å². The molecule has 0 atom stereocenters. The molecule has 4 rings (SSSR count). The molecule has 6 nitrogen and oxygen atoms in total. The zero-order chi connectivity index (χ0) is 23.6. The van der Waals surface area contributed by atoms with Gasteiger partial charge in [0.2, 0.25) is 0 Å². The van der Waals surface area contributed by atoms with E-state index in [1.807, 2.05) is 24.3 Å². The number of nitrogens with zero attached hydrogens (tertiary/aromatic N) is 1. The summed E-state index contributed by atoms with van der Waals surface area (Å²) in [6.07, 6.45) is 1.63.